The molecule has 1 heterocycles. The second-order valence-corrected chi connectivity index (χ2v) is 9.06. The first kappa shape index (κ1) is 22.6. The molecule has 0 saturated heterocycles. The lowest BCUT2D eigenvalue weighted by Crippen LogP contribution is -2.03. The Kier molecular flexibility index (Phi) is 5.70. The first-order valence-electron chi connectivity index (χ1n) is 12.2. The molecule has 0 fully saturated rings. The van der Waals surface area contributed by atoms with Gasteiger partial charge in [-0.15, -0.1) is 0 Å². The van der Waals surface area contributed by atoms with Crippen molar-refractivity contribution in [1.29, 1.82) is 0 Å². The average molecular weight is 484 g/mol. The minimum Gasteiger partial charge on any atom is -0.507 e. The fourth-order valence-electron chi connectivity index (χ4n) is 5.21. The van der Waals surface area contributed by atoms with Gasteiger partial charge in [0.2, 0.25) is 0 Å². The zero-order valence-corrected chi connectivity index (χ0v) is 20.4. The number of rotatable bonds is 5. The summed E-state index contributed by atoms with van der Waals surface area (Å²) in [5.74, 6) is -0.298. The summed E-state index contributed by atoms with van der Waals surface area (Å²) in [7, 11) is 1.38. The second kappa shape index (κ2) is 9.32. The van der Waals surface area contributed by atoms with E-state index in [4.69, 9.17) is 4.74 Å². The van der Waals surface area contributed by atoms with Crippen LogP contribution < -0.4 is 0 Å². The molecule has 0 aliphatic carbocycles. The van der Waals surface area contributed by atoms with Crippen molar-refractivity contribution < 1.29 is 14.6 Å². The third-order valence-electron chi connectivity index (χ3n) is 6.91. The number of aromatic nitrogens is 1. The minimum atomic E-state index is -0.430. The van der Waals surface area contributed by atoms with E-state index in [2.05, 4.69) is 34.9 Å². The van der Waals surface area contributed by atoms with E-state index in [0.717, 1.165) is 38.9 Å². The van der Waals surface area contributed by atoms with Gasteiger partial charge >= 0.3 is 5.97 Å². The summed E-state index contributed by atoms with van der Waals surface area (Å²) in [5, 5.41) is 12.7. The molecule has 4 heteroatoms. The quantitative estimate of drug-likeness (QED) is 0.256. The monoisotopic (exact) mass is 483 g/mol. The van der Waals surface area contributed by atoms with Crippen LogP contribution in [0, 0.1) is 0 Å². The number of hydrogen-bond acceptors (Lipinski definition) is 3. The molecule has 1 N–H and O–H groups in total. The Morgan fingerprint density at radius 3 is 2.11 bits per heavy atom. The molecule has 0 saturated carbocycles. The Balaban J connectivity index is 1.65. The van der Waals surface area contributed by atoms with Crippen LogP contribution >= 0.6 is 0 Å². The topological polar surface area (TPSA) is 51.5 Å². The Labute approximate surface area is 215 Å². The highest BCUT2D eigenvalue weighted by Crippen LogP contribution is 2.41. The second-order valence-electron chi connectivity index (χ2n) is 9.06. The number of ether oxygens (including phenoxy) is 1. The predicted molar refractivity (Wildman–Crippen MR) is 149 cm³/mol. The van der Waals surface area contributed by atoms with Crippen LogP contribution in [-0.4, -0.2) is 22.8 Å². The maximum absolute atomic E-state index is 12.8. The fourth-order valence-corrected chi connectivity index (χ4v) is 5.21. The molecule has 0 aliphatic rings. The fraction of sp³-hybridized carbons (Fsp3) is 0.0606. The number of phenols is 1. The highest BCUT2D eigenvalue weighted by molar-refractivity contribution is 6.19. The van der Waals surface area contributed by atoms with E-state index >= 15 is 0 Å². The lowest BCUT2D eigenvalue weighted by atomic mass is 9.99. The summed E-state index contributed by atoms with van der Waals surface area (Å²) in [5.41, 5.74) is 7.49. The van der Waals surface area contributed by atoms with Crippen LogP contribution in [0.25, 0.3) is 44.1 Å². The zero-order valence-electron chi connectivity index (χ0n) is 20.4. The molecule has 0 unspecified atom stereocenters. The largest absolute Gasteiger partial charge is 0.507 e. The molecule has 0 bridgehead atoms. The van der Waals surface area contributed by atoms with E-state index in [0.29, 0.717) is 22.9 Å². The number of carbonyl (C=O) groups is 1. The van der Waals surface area contributed by atoms with E-state index < -0.39 is 5.97 Å². The van der Waals surface area contributed by atoms with Gasteiger partial charge in [0.15, 0.2) is 0 Å². The number of phenolic OH excluding ortho intramolecular Hbond substituents is 1. The zero-order chi connectivity index (χ0) is 25.4. The lowest BCUT2D eigenvalue weighted by molar-refractivity contribution is 0.0603. The molecule has 1 aromatic heterocycles. The highest BCUT2D eigenvalue weighted by Gasteiger charge is 2.22. The number of hydrogen-bond donors (Lipinski definition) is 1. The highest BCUT2D eigenvalue weighted by atomic mass is 16.5. The third kappa shape index (κ3) is 3.93. The normalized spacial score (nSPS) is 11.2. The first-order valence-corrected chi connectivity index (χ1v) is 12.2. The van der Waals surface area contributed by atoms with Crippen LogP contribution in [0.1, 0.15) is 15.9 Å². The molecule has 180 valence electrons. The molecular formula is C33H25NO3. The van der Waals surface area contributed by atoms with Gasteiger partial charge in [0.1, 0.15) is 5.75 Å². The van der Waals surface area contributed by atoms with Gasteiger partial charge in [-0.1, -0.05) is 91.0 Å². The summed E-state index contributed by atoms with van der Waals surface area (Å²) in [6.07, 6.45) is 0. The summed E-state index contributed by atoms with van der Waals surface area (Å²) in [6.45, 7) is 0.563. The van der Waals surface area contributed by atoms with E-state index in [1.807, 2.05) is 72.8 Å². The van der Waals surface area contributed by atoms with Gasteiger partial charge in [0, 0.05) is 11.9 Å². The van der Waals surface area contributed by atoms with Crippen molar-refractivity contribution in [2.45, 2.75) is 6.54 Å². The Morgan fingerprint density at radius 1 is 0.703 bits per heavy atom. The van der Waals surface area contributed by atoms with Gasteiger partial charge in [0.25, 0.3) is 0 Å². The maximum Gasteiger partial charge on any atom is 0.338 e. The van der Waals surface area contributed by atoms with E-state index in [1.54, 1.807) is 12.1 Å². The van der Waals surface area contributed by atoms with Crippen LogP contribution in [0.15, 0.2) is 115 Å². The lowest BCUT2D eigenvalue weighted by Gasteiger charge is -2.14. The molecule has 0 amide bonds. The predicted octanol–water partition coefficient (Wildman–Crippen LogP) is 7.67. The van der Waals surface area contributed by atoms with Gasteiger partial charge in [-0.25, -0.2) is 4.79 Å². The Morgan fingerprint density at radius 2 is 1.38 bits per heavy atom. The van der Waals surface area contributed by atoms with Gasteiger partial charge in [-0.2, -0.15) is 0 Å². The number of carbonyl (C=O) groups excluding carboxylic acids is 1. The maximum atomic E-state index is 12.8. The SMILES string of the molecule is COC(=O)c1cccc2c1c1c(O)cc(-c3ccccc3)cc1n2Cc1ccccc1-c1ccccc1. The van der Waals surface area contributed by atoms with Crippen molar-refractivity contribution in [2.24, 2.45) is 0 Å². The number of esters is 1. The van der Waals surface area contributed by atoms with Gasteiger partial charge < -0.3 is 14.4 Å². The van der Waals surface area contributed by atoms with Crippen molar-refractivity contribution in [3.05, 3.63) is 126 Å². The van der Waals surface area contributed by atoms with Crippen LogP contribution in [0.4, 0.5) is 0 Å². The molecule has 6 rings (SSSR count). The Hall–Kier alpha value is -4.83. The van der Waals surface area contributed by atoms with Crippen LogP contribution in [0.3, 0.4) is 0 Å². The van der Waals surface area contributed by atoms with Crippen molar-refractivity contribution in [3.63, 3.8) is 0 Å². The number of benzene rings is 5. The van der Waals surface area contributed by atoms with Crippen molar-refractivity contribution in [3.8, 4) is 28.0 Å². The molecular weight excluding hydrogens is 458 g/mol. The molecule has 0 spiro atoms. The molecule has 0 radical (unpaired) electrons. The summed E-state index contributed by atoms with van der Waals surface area (Å²) >= 11 is 0. The average Bonchev–Trinajstić information content (AvgIpc) is 3.27. The third-order valence-corrected chi connectivity index (χ3v) is 6.91. The molecule has 0 atom stereocenters. The molecule has 37 heavy (non-hydrogen) atoms. The van der Waals surface area contributed by atoms with E-state index in [9.17, 15) is 9.90 Å². The van der Waals surface area contributed by atoms with Gasteiger partial charge in [0.05, 0.1) is 29.1 Å². The molecule has 0 aliphatic heterocycles. The number of nitrogens with zero attached hydrogens (tertiary/aromatic N) is 1. The number of aromatic hydroxyl groups is 1. The molecule has 6 aromatic rings. The minimum absolute atomic E-state index is 0.132. The first-order chi connectivity index (χ1) is 18.2. The van der Waals surface area contributed by atoms with Crippen LogP contribution in [0.2, 0.25) is 0 Å². The number of fused-ring (bicyclic) bond motifs is 3. The van der Waals surface area contributed by atoms with E-state index in [1.165, 1.54) is 7.11 Å². The Bertz CT molecular complexity index is 1750. The van der Waals surface area contributed by atoms with Crippen molar-refractivity contribution in [1.82, 2.24) is 4.57 Å². The molecule has 5 aromatic carbocycles. The summed E-state index contributed by atoms with van der Waals surface area (Å²) in [6, 6.07) is 38.1. The summed E-state index contributed by atoms with van der Waals surface area (Å²) in [4.78, 5) is 12.8. The van der Waals surface area contributed by atoms with Crippen LogP contribution in [-0.2, 0) is 11.3 Å². The van der Waals surface area contributed by atoms with E-state index in [-0.39, 0.29) is 5.75 Å². The van der Waals surface area contributed by atoms with Crippen molar-refractivity contribution >= 4 is 27.8 Å². The smallest absolute Gasteiger partial charge is 0.338 e. The standard InChI is InChI=1S/C33H25NO3/c1-37-33(36)27-17-10-18-28-31(27)32-29(19-25(20-30(32)35)22-11-4-2-5-12-22)34(28)21-24-15-8-9-16-26(24)23-13-6-3-7-14-23/h2-20,35H,21H2,1H3. The molecule has 4 nitrogen and oxygen atoms in total. The van der Waals surface area contributed by atoms with Crippen molar-refractivity contribution in [2.75, 3.05) is 7.11 Å². The van der Waals surface area contributed by atoms with Gasteiger partial charge in [-0.3, -0.25) is 0 Å². The van der Waals surface area contributed by atoms with Gasteiger partial charge in [-0.05, 0) is 52.1 Å². The summed E-state index contributed by atoms with van der Waals surface area (Å²) < 4.78 is 7.29. The number of methoxy groups -OCH3 is 1. The van der Waals surface area contributed by atoms with Crippen LogP contribution in [0.5, 0.6) is 5.75 Å².